The maximum atomic E-state index is 13.1. The molecule has 1 aromatic carbocycles. The summed E-state index contributed by atoms with van der Waals surface area (Å²) >= 11 is 1.76. The van der Waals surface area contributed by atoms with Crippen molar-refractivity contribution in [2.75, 3.05) is 50.7 Å². The molecule has 0 spiro atoms. The highest BCUT2D eigenvalue weighted by Gasteiger charge is 2.26. The predicted octanol–water partition coefficient (Wildman–Crippen LogP) is 3.90. The van der Waals surface area contributed by atoms with E-state index in [9.17, 15) is 9.30 Å². The van der Waals surface area contributed by atoms with Crippen molar-refractivity contribution in [1.29, 1.82) is 0 Å². The normalized spacial score (nSPS) is 21.0. The van der Waals surface area contributed by atoms with Gasteiger partial charge < -0.3 is 9.47 Å². The molecular weight excluding hydrogens is 389 g/mol. The van der Waals surface area contributed by atoms with E-state index in [0.29, 0.717) is 0 Å². The van der Waals surface area contributed by atoms with Crippen molar-refractivity contribution in [3.63, 3.8) is 0 Å². The molecule has 29 heavy (non-hydrogen) atoms. The summed E-state index contributed by atoms with van der Waals surface area (Å²) in [6.07, 6.45) is 3.89. The molecule has 3 heterocycles. The van der Waals surface area contributed by atoms with Crippen molar-refractivity contribution in [3.05, 3.63) is 52.9 Å². The molecule has 1 fully saturated rings. The molecule has 6 nitrogen and oxygen atoms in total. The molecule has 1 atom stereocenters. The summed E-state index contributed by atoms with van der Waals surface area (Å²) in [6.45, 7) is 6.98. The molecule has 1 saturated heterocycles. The van der Waals surface area contributed by atoms with Crippen molar-refractivity contribution in [1.82, 2.24) is 13.8 Å². The minimum absolute atomic E-state index is 0.184. The predicted molar refractivity (Wildman–Crippen MR) is 116 cm³/mol. The number of halogens is 1. The van der Waals surface area contributed by atoms with Crippen LogP contribution in [0.2, 0.25) is 0 Å². The molecule has 2 aliphatic heterocycles. The van der Waals surface area contributed by atoms with E-state index in [2.05, 4.69) is 25.3 Å². The smallest absolute Gasteiger partial charge is 0.134 e. The van der Waals surface area contributed by atoms with Gasteiger partial charge in [0, 0.05) is 63.1 Å². The van der Waals surface area contributed by atoms with Gasteiger partial charge in [-0.1, -0.05) is 5.18 Å². The largest absolute Gasteiger partial charge is 0.369 e. The molecule has 1 unspecified atom stereocenters. The lowest BCUT2D eigenvalue weighted by molar-refractivity contribution is 0.247. The Labute approximate surface area is 175 Å². The summed E-state index contributed by atoms with van der Waals surface area (Å²) in [5.41, 5.74) is 2.15. The molecule has 0 bridgehead atoms. The molecule has 0 amide bonds. The van der Waals surface area contributed by atoms with E-state index < -0.39 is 0 Å². The molecule has 0 radical (unpaired) electrons. The van der Waals surface area contributed by atoms with Gasteiger partial charge in [-0.2, -0.15) is 4.91 Å². The molecule has 156 valence electrons. The lowest BCUT2D eigenvalue weighted by atomic mass is 10.1. The van der Waals surface area contributed by atoms with Crippen LogP contribution in [0.3, 0.4) is 0 Å². The number of anilines is 1. The fourth-order valence-electron chi connectivity index (χ4n) is 4.20. The van der Waals surface area contributed by atoms with Crippen LogP contribution in [0.15, 0.2) is 46.6 Å². The first-order valence-electron chi connectivity index (χ1n) is 10.3. The molecule has 2 aromatic rings. The number of hydrogen-bond donors (Lipinski definition) is 0. The number of fused-ring (bicyclic) bond motifs is 1. The van der Waals surface area contributed by atoms with E-state index in [1.54, 1.807) is 11.9 Å². The quantitative estimate of drug-likeness (QED) is 0.527. The van der Waals surface area contributed by atoms with E-state index in [1.165, 1.54) is 12.1 Å². The first kappa shape index (κ1) is 20.4. The molecule has 4 rings (SSSR count). The van der Waals surface area contributed by atoms with Crippen LogP contribution in [0, 0.1) is 10.7 Å². The second-order valence-corrected chi connectivity index (χ2v) is 8.90. The van der Waals surface area contributed by atoms with Crippen LogP contribution in [0.4, 0.5) is 10.1 Å². The highest BCUT2D eigenvalue weighted by Crippen LogP contribution is 2.37. The van der Waals surface area contributed by atoms with Crippen molar-refractivity contribution in [3.8, 4) is 0 Å². The van der Waals surface area contributed by atoms with E-state index in [4.69, 9.17) is 0 Å². The van der Waals surface area contributed by atoms with Crippen LogP contribution in [0.25, 0.3) is 0 Å². The zero-order valence-electron chi connectivity index (χ0n) is 16.8. The van der Waals surface area contributed by atoms with Gasteiger partial charge in [0.15, 0.2) is 0 Å². The maximum Gasteiger partial charge on any atom is 0.134 e. The second-order valence-electron chi connectivity index (χ2n) is 7.76. The first-order chi connectivity index (χ1) is 14.1. The third kappa shape index (κ3) is 4.82. The highest BCUT2D eigenvalue weighted by molar-refractivity contribution is 7.97. The molecule has 0 aliphatic carbocycles. The minimum atomic E-state index is -0.248. The Bertz CT molecular complexity index is 819. The van der Waals surface area contributed by atoms with Crippen LogP contribution in [0.5, 0.6) is 0 Å². The number of nitrogens with zero attached hydrogens (tertiary/aromatic N) is 5. The average molecular weight is 418 g/mol. The number of nitroso groups, excluding NO2 is 1. The average Bonchev–Trinajstić information content (AvgIpc) is 2.99. The highest BCUT2D eigenvalue weighted by atomic mass is 32.2. The Morgan fingerprint density at radius 2 is 1.83 bits per heavy atom. The molecular formula is C21H28FN5OS. The fourth-order valence-corrected chi connectivity index (χ4v) is 5.39. The summed E-state index contributed by atoms with van der Waals surface area (Å²) < 4.78 is 17.5. The van der Waals surface area contributed by atoms with Gasteiger partial charge in [-0.25, -0.2) is 8.70 Å². The number of aryl methyl sites for hydroxylation is 1. The Kier molecular flexibility index (Phi) is 6.52. The lowest BCUT2D eigenvalue weighted by Gasteiger charge is -2.36. The SMILES string of the molecule is Cn1ccc2c1C(N=O)CCN(CCCN1CCN(c3ccc(F)cc3)CC1)S2. The standard InChI is InChI=1S/C21H28FN5OS/c1-24-11-8-20-21(24)19(23-28)7-12-27(29-20)10-2-9-25-13-15-26(16-14-25)18-5-3-17(22)4-6-18/h3-6,8,11,19H,2,7,9-10,12-16H2,1H3. The van der Waals surface area contributed by atoms with Crippen molar-refractivity contribution < 1.29 is 4.39 Å². The van der Waals surface area contributed by atoms with E-state index in [1.807, 2.05) is 29.9 Å². The monoisotopic (exact) mass is 417 g/mol. The maximum absolute atomic E-state index is 13.1. The van der Waals surface area contributed by atoms with Crippen LogP contribution in [-0.2, 0) is 7.05 Å². The molecule has 0 N–H and O–H groups in total. The van der Waals surface area contributed by atoms with Gasteiger partial charge in [-0.3, -0.25) is 4.90 Å². The topological polar surface area (TPSA) is 44.1 Å². The van der Waals surface area contributed by atoms with Gasteiger partial charge >= 0.3 is 0 Å². The van der Waals surface area contributed by atoms with Crippen LogP contribution < -0.4 is 4.90 Å². The Morgan fingerprint density at radius 3 is 2.55 bits per heavy atom. The third-order valence-corrected chi connectivity index (χ3v) is 7.02. The van der Waals surface area contributed by atoms with E-state index >= 15 is 0 Å². The Hall–Kier alpha value is -1.90. The summed E-state index contributed by atoms with van der Waals surface area (Å²) in [7, 11) is 1.98. The number of rotatable bonds is 6. The van der Waals surface area contributed by atoms with Crippen molar-refractivity contribution in [2.24, 2.45) is 12.2 Å². The third-order valence-electron chi connectivity index (χ3n) is 5.85. The molecule has 8 heteroatoms. The number of piperazine rings is 1. The zero-order valence-corrected chi connectivity index (χ0v) is 17.7. The molecule has 0 saturated carbocycles. The lowest BCUT2D eigenvalue weighted by Crippen LogP contribution is -2.47. The van der Waals surface area contributed by atoms with Gasteiger partial charge in [-0.05, 0) is 61.7 Å². The summed E-state index contributed by atoms with van der Waals surface area (Å²) in [5.74, 6) is -0.184. The van der Waals surface area contributed by atoms with Gasteiger partial charge in [0.25, 0.3) is 0 Å². The number of benzene rings is 1. The van der Waals surface area contributed by atoms with Crippen molar-refractivity contribution in [2.45, 2.75) is 23.8 Å². The van der Waals surface area contributed by atoms with Crippen LogP contribution in [0.1, 0.15) is 24.6 Å². The van der Waals surface area contributed by atoms with Gasteiger partial charge in [0.1, 0.15) is 11.9 Å². The van der Waals surface area contributed by atoms with E-state index in [0.717, 1.165) is 74.9 Å². The fraction of sp³-hybridized carbons (Fsp3) is 0.524. The minimum Gasteiger partial charge on any atom is -0.369 e. The number of aromatic nitrogens is 1. The summed E-state index contributed by atoms with van der Waals surface area (Å²) in [4.78, 5) is 17.3. The van der Waals surface area contributed by atoms with Crippen molar-refractivity contribution >= 4 is 17.6 Å². The first-order valence-corrected chi connectivity index (χ1v) is 11.0. The van der Waals surface area contributed by atoms with E-state index in [-0.39, 0.29) is 11.9 Å². The van der Waals surface area contributed by atoms with Gasteiger partial charge in [0.05, 0.1) is 5.69 Å². The summed E-state index contributed by atoms with van der Waals surface area (Å²) in [6, 6.07) is 8.63. The number of hydrogen-bond acceptors (Lipinski definition) is 6. The Balaban J connectivity index is 1.23. The van der Waals surface area contributed by atoms with Gasteiger partial charge in [0.2, 0.25) is 0 Å². The second kappa shape index (κ2) is 9.28. The van der Waals surface area contributed by atoms with Crippen LogP contribution in [-0.4, -0.2) is 59.6 Å². The van der Waals surface area contributed by atoms with Gasteiger partial charge in [-0.15, -0.1) is 0 Å². The molecule has 1 aromatic heterocycles. The summed E-state index contributed by atoms with van der Waals surface area (Å²) in [5, 5.41) is 3.36. The zero-order chi connectivity index (χ0) is 20.2. The van der Waals surface area contributed by atoms with Crippen LogP contribution >= 0.6 is 11.9 Å². The molecule has 2 aliphatic rings. The Morgan fingerprint density at radius 1 is 1.07 bits per heavy atom.